The van der Waals surface area contributed by atoms with Gasteiger partial charge >= 0.3 is 0 Å². The van der Waals surface area contributed by atoms with E-state index in [1.54, 1.807) is 7.11 Å². The van der Waals surface area contributed by atoms with E-state index in [9.17, 15) is 0 Å². The van der Waals surface area contributed by atoms with Gasteiger partial charge < -0.3 is 14.8 Å². The molecule has 4 heteroatoms. The maximum Gasteiger partial charge on any atom is 0.167 e. The van der Waals surface area contributed by atoms with Gasteiger partial charge in [-0.2, -0.15) is 0 Å². The predicted molar refractivity (Wildman–Crippen MR) is 107 cm³/mol. The summed E-state index contributed by atoms with van der Waals surface area (Å²) in [5.74, 6) is 2.25. The van der Waals surface area contributed by atoms with Crippen LogP contribution in [0.1, 0.15) is 37.0 Å². The van der Waals surface area contributed by atoms with Crippen LogP contribution in [0.3, 0.4) is 0 Å². The fraction of sp³-hybridized carbons (Fsp3) is 0.429. The first-order chi connectivity index (χ1) is 12.0. The van der Waals surface area contributed by atoms with Crippen LogP contribution >= 0.6 is 15.9 Å². The molecule has 0 saturated carbocycles. The quantitative estimate of drug-likeness (QED) is 0.560. The van der Waals surface area contributed by atoms with Gasteiger partial charge in [0.2, 0.25) is 0 Å². The number of hydrogen-bond donors (Lipinski definition) is 1. The van der Waals surface area contributed by atoms with Gasteiger partial charge in [0, 0.05) is 16.6 Å². The van der Waals surface area contributed by atoms with Crippen LogP contribution in [0.25, 0.3) is 0 Å². The zero-order valence-corrected chi connectivity index (χ0v) is 17.2. The Labute approximate surface area is 159 Å². The van der Waals surface area contributed by atoms with Gasteiger partial charge in [-0.05, 0) is 43.5 Å². The van der Waals surface area contributed by atoms with Crippen LogP contribution < -0.4 is 14.8 Å². The third kappa shape index (κ3) is 6.05. The maximum atomic E-state index is 6.15. The van der Waals surface area contributed by atoms with Crippen molar-refractivity contribution in [3.63, 3.8) is 0 Å². The number of halogens is 1. The molecule has 0 saturated heterocycles. The Morgan fingerprint density at radius 2 is 1.80 bits per heavy atom. The zero-order valence-electron chi connectivity index (χ0n) is 15.6. The standard InChI is InChI=1S/C21H28BrNO2/c1-15(2)11-12-23-13-18-19(22)9-10-20(24-4)21(18)25-14-17-7-5-16(3)6-8-17/h5-10,15,23H,11-14H2,1-4H3. The summed E-state index contributed by atoms with van der Waals surface area (Å²) in [5, 5.41) is 3.51. The number of benzene rings is 2. The van der Waals surface area contributed by atoms with Crippen molar-refractivity contribution >= 4 is 15.9 Å². The van der Waals surface area contributed by atoms with E-state index in [1.807, 2.05) is 12.1 Å². The zero-order chi connectivity index (χ0) is 18.2. The summed E-state index contributed by atoms with van der Waals surface area (Å²) < 4.78 is 12.7. The van der Waals surface area contributed by atoms with E-state index in [1.165, 1.54) is 5.56 Å². The minimum Gasteiger partial charge on any atom is -0.493 e. The molecule has 3 nitrogen and oxygen atoms in total. The van der Waals surface area contributed by atoms with E-state index in [0.29, 0.717) is 12.5 Å². The van der Waals surface area contributed by atoms with Crippen molar-refractivity contribution in [2.75, 3.05) is 13.7 Å². The van der Waals surface area contributed by atoms with Gasteiger partial charge in [-0.3, -0.25) is 0 Å². The molecule has 1 N–H and O–H groups in total. The lowest BCUT2D eigenvalue weighted by molar-refractivity contribution is 0.280. The average molecular weight is 406 g/mol. The summed E-state index contributed by atoms with van der Waals surface area (Å²) in [5.41, 5.74) is 3.49. The molecule has 0 aliphatic heterocycles. The number of ether oxygens (including phenoxy) is 2. The van der Waals surface area contributed by atoms with Gasteiger partial charge in [0.25, 0.3) is 0 Å². The molecule has 0 atom stereocenters. The molecule has 2 rings (SSSR count). The van der Waals surface area contributed by atoms with Crippen LogP contribution in [-0.4, -0.2) is 13.7 Å². The van der Waals surface area contributed by atoms with Crippen LogP contribution in [-0.2, 0) is 13.2 Å². The lowest BCUT2D eigenvalue weighted by Gasteiger charge is -2.17. The van der Waals surface area contributed by atoms with E-state index in [-0.39, 0.29) is 0 Å². The highest BCUT2D eigenvalue weighted by molar-refractivity contribution is 9.10. The van der Waals surface area contributed by atoms with Crippen LogP contribution in [0.4, 0.5) is 0 Å². The van der Waals surface area contributed by atoms with Gasteiger partial charge in [0.1, 0.15) is 6.61 Å². The molecule has 0 aliphatic carbocycles. The Kier molecular flexibility index (Phi) is 7.79. The Bertz CT molecular complexity index is 668. The van der Waals surface area contributed by atoms with Crippen LogP contribution in [0.15, 0.2) is 40.9 Å². The first-order valence-electron chi connectivity index (χ1n) is 8.75. The molecule has 0 spiro atoms. The molecule has 0 bridgehead atoms. The Morgan fingerprint density at radius 1 is 1.08 bits per heavy atom. The molecule has 136 valence electrons. The number of nitrogens with one attached hydrogen (secondary N) is 1. The summed E-state index contributed by atoms with van der Waals surface area (Å²) in [6, 6.07) is 12.3. The second kappa shape index (κ2) is 9.83. The van der Waals surface area contributed by atoms with Gasteiger partial charge in [-0.15, -0.1) is 0 Å². The average Bonchev–Trinajstić information content (AvgIpc) is 2.59. The van der Waals surface area contributed by atoms with Crippen LogP contribution in [0.5, 0.6) is 11.5 Å². The largest absolute Gasteiger partial charge is 0.493 e. The number of methoxy groups -OCH3 is 1. The molecule has 2 aromatic carbocycles. The maximum absolute atomic E-state index is 6.15. The molecule has 0 heterocycles. The van der Waals surface area contributed by atoms with Crippen molar-refractivity contribution in [2.24, 2.45) is 5.92 Å². The van der Waals surface area contributed by atoms with Gasteiger partial charge in [0.15, 0.2) is 11.5 Å². The van der Waals surface area contributed by atoms with Crippen LogP contribution in [0, 0.1) is 12.8 Å². The topological polar surface area (TPSA) is 30.5 Å². The third-order valence-corrected chi connectivity index (χ3v) is 4.83. The molecule has 2 aromatic rings. The second-order valence-electron chi connectivity index (χ2n) is 6.69. The summed E-state index contributed by atoms with van der Waals surface area (Å²) in [4.78, 5) is 0. The van der Waals surface area contributed by atoms with Crippen molar-refractivity contribution in [1.82, 2.24) is 5.32 Å². The monoisotopic (exact) mass is 405 g/mol. The predicted octanol–water partition coefficient (Wildman–Crippen LogP) is 5.48. The second-order valence-corrected chi connectivity index (χ2v) is 7.55. The summed E-state index contributed by atoms with van der Waals surface area (Å²) in [6.45, 7) is 8.81. The van der Waals surface area contributed by atoms with Crippen molar-refractivity contribution in [2.45, 2.75) is 40.3 Å². The van der Waals surface area contributed by atoms with Crippen molar-refractivity contribution in [3.05, 3.63) is 57.6 Å². The van der Waals surface area contributed by atoms with Gasteiger partial charge in [0.05, 0.1) is 7.11 Å². The Morgan fingerprint density at radius 3 is 2.44 bits per heavy atom. The first-order valence-corrected chi connectivity index (χ1v) is 9.55. The smallest absolute Gasteiger partial charge is 0.167 e. The normalized spacial score (nSPS) is 11.0. The summed E-state index contributed by atoms with van der Waals surface area (Å²) in [7, 11) is 1.68. The summed E-state index contributed by atoms with van der Waals surface area (Å²) in [6.07, 6.45) is 1.15. The van der Waals surface area contributed by atoms with E-state index in [0.717, 1.165) is 46.6 Å². The summed E-state index contributed by atoms with van der Waals surface area (Å²) >= 11 is 3.65. The Hall–Kier alpha value is -1.52. The van der Waals surface area contributed by atoms with E-state index in [2.05, 4.69) is 66.3 Å². The molecule has 0 radical (unpaired) electrons. The fourth-order valence-corrected chi connectivity index (χ4v) is 2.96. The van der Waals surface area contributed by atoms with E-state index in [4.69, 9.17) is 9.47 Å². The van der Waals surface area contributed by atoms with Crippen molar-refractivity contribution in [3.8, 4) is 11.5 Å². The molecular formula is C21H28BrNO2. The lowest BCUT2D eigenvalue weighted by Crippen LogP contribution is -2.17. The molecule has 0 aliphatic rings. The fourth-order valence-electron chi connectivity index (χ4n) is 2.51. The lowest BCUT2D eigenvalue weighted by atomic mass is 10.1. The third-order valence-electron chi connectivity index (χ3n) is 4.09. The van der Waals surface area contributed by atoms with E-state index < -0.39 is 0 Å². The molecular weight excluding hydrogens is 378 g/mol. The van der Waals surface area contributed by atoms with Crippen LogP contribution in [0.2, 0.25) is 0 Å². The van der Waals surface area contributed by atoms with E-state index >= 15 is 0 Å². The van der Waals surface area contributed by atoms with Gasteiger partial charge in [-0.1, -0.05) is 59.6 Å². The molecule has 0 aromatic heterocycles. The minimum atomic E-state index is 0.520. The molecule has 0 unspecified atom stereocenters. The SMILES string of the molecule is COc1ccc(Br)c(CNCCC(C)C)c1OCc1ccc(C)cc1. The minimum absolute atomic E-state index is 0.520. The Balaban J connectivity index is 2.12. The molecule has 25 heavy (non-hydrogen) atoms. The first kappa shape index (κ1) is 19.8. The molecule has 0 fully saturated rings. The highest BCUT2D eigenvalue weighted by Crippen LogP contribution is 2.36. The highest BCUT2D eigenvalue weighted by atomic mass is 79.9. The van der Waals surface area contributed by atoms with Crippen molar-refractivity contribution in [1.29, 1.82) is 0 Å². The number of rotatable bonds is 9. The highest BCUT2D eigenvalue weighted by Gasteiger charge is 2.14. The molecule has 0 amide bonds. The number of hydrogen-bond acceptors (Lipinski definition) is 3. The number of aryl methyl sites for hydroxylation is 1. The van der Waals surface area contributed by atoms with Gasteiger partial charge in [-0.25, -0.2) is 0 Å². The van der Waals surface area contributed by atoms with Crippen molar-refractivity contribution < 1.29 is 9.47 Å².